The second-order valence-electron chi connectivity index (χ2n) is 9.35. The first-order valence-corrected chi connectivity index (χ1v) is 11.3. The van der Waals surface area contributed by atoms with Gasteiger partial charge in [0.15, 0.2) is 11.3 Å². The molecule has 2 aliphatic rings. The minimum Gasteiger partial charge on any atom is -0.381 e. The predicted molar refractivity (Wildman–Crippen MR) is 127 cm³/mol. The molecule has 0 bridgehead atoms. The number of rotatable bonds is 6. The van der Waals surface area contributed by atoms with E-state index in [0.717, 1.165) is 31.5 Å². The van der Waals surface area contributed by atoms with Gasteiger partial charge < -0.3 is 15.1 Å². The lowest BCUT2D eigenvalue weighted by Gasteiger charge is -2.35. The van der Waals surface area contributed by atoms with Gasteiger partial charge in [0.2, 0.25) is 5.78 Å². The molecular weight excluding hydrogens is 418 g/mol. The fourth-order valence-electron chi connectivity index (χ4n) is 4.22. The molecule has 2 aliphatic heterocycles. The molecule has 4 rings (SSSR count). The molecule has 0 radical (unpaired) electrons. The summed E-state index contributed by atoms with van der Waals surface area (Å²) in [4.78, 5) is 40.1. The third-order valence-electron chi connectivity index (χ3n) is 5.97. The molecule has 8 nitrogen and oxygen atoms in total. The van der Waals surface area contributed by atoms with Crippen molar-refractivity contribution in [3.63, 3.8) is 0 Å². The zero-order chi connectivity index (χ0) is 23.6. The van der Waals surface area contributed by atoms with Gasteiger partial charge in [-0.2, -0.15) is 0 Å². The Morgan fingerprint density at radius 2 is 1.97 bits per heavy atom. The summed E-state index contributed by atoms with van der Waals surface area (Å²) >= 11 is 0. The fourth-order valence-corrected chi connectivity index (χ4v) is 4.22. The summed E-state index contributed by atoms with van der Waals surface area (Å²) in [7, 11) is 4.00. The molecule has 0 spiro atoms. The Morgan fingerprint density at radius 3 is 2.58 bits per heavy atom. The van der Waals surface area contributed by atoms with Crippen LogP contribution in [0.3, 0.4) is 0 Å². The van der Waals surface area contributed by atoms with Crippen molar-refractivity contribution in [1.29, 1.82) is 0 Å². The van der Waals surface area contributed by atoms with E-state index in [9.17, 15) is 9.59 Å². The Kier molecular flexibility index (Phi) is 6.58. The molecule has 1 aromatic carbocycles. The number of hydrogen-bond acceptors (Lipinski definition) is 7. The Labute approximate surface area is 194 Å². The zero-order valence-corrected chi connectivity index (χ0v) is 19.7. The van der Waals surface area contributed by atoms with Crippen LogP contribution in [0.25, 0.3) is 0 Å². The van der Waals surface area contributed by atoms with Crippen molar-refractivity contribution in [3.8, 4) is 0 Å². The van der Waals surface area contributed by atoms with Crippen LogP contribution in [0.15, 0.2) is 47.8 Å². The summed E-state index contributed by atoms with van der Waals surface area (Å²) in [6, 6.07) is 10.9. The average molecular weight is 450 g/mol. The normalized spacial score (nSPS) is 19.8. The van der Waals surface area contributed by atoms with E-state index in [1.807, 2.05) is 31.1 Å². The van der Waals surface area contributed by atoms with E-state index in [0.29, 0.717) is 23.5 Å². The van der Waals surface area contributed by atoms with Crippen LogP contribution in [0.1, 0.15) is 48.2 Å². The van der Waals surface area contributed by atoms with Crippen LogP contribution < -0.4 is 10.2 Å². The maximum atomic E-state index is 13.8. The standard InChI is InChI=1S/C25H31N5O3/c1-25(2)22(31)21(28-33-25)17-9-11-18(12-10-17)24(32)30(20-8-6-13-26-15-20)23-19(16-29(3)4)7-5-14-27-23/h5,7,9-12,14,20,26H,6,8,13,15-16H2,1-4H3. The molecule has 174 valence electrons. The number of aromatic nitrogens is 1. The smallest absolute Gasteiger partial charge is 0.259 e. The molecule has 8 heteroatoms. The number of ketones is 1. The van der Waals surface area contributed by atoms with Gasteiger partial charge in [-0.25, -0.2) is 4.98 Å². The van der Waals surface area contributed by atoms with Crippen LogP contribution in [0.4, 0.5) is 5.82 Å². The van der Waals surface area contributed by atoms with E-state index in [2.05, 4.69) is 20.4 Å². The van der Waals surface area contributed by atoms with Gasteiger partial charge in [-0.3, -0.25) is 14.5 Å². The number of oxime groups is 1. The number of pyridine rings is 1. The number of anilines is 1. The van der Waals surface area contributed by atoms with Crippen molar-refractivity contribution in [1.82, 2.24) is 15.2 Å². The summed E-state index contributed by atoms with van der Waals surface area (Å²) in [5.41, 5.74) is 1.50. The molecular formula is C25H31N5O3. The van der Waals surface area contributed by atoms with Crippen molar-refractivity contribution in [2.75, 3.05) is 32.1 Å². The van der Waals surface area contributed by atoms with Crippen LogP contribution in [0.2, 0.25) is 0 Å². The summed E-state index contributed by atoms with van der Waals surface area (Å²) < 4.78 is 0. The Bertz CT molecular complexity index is 1060. The van der Waals surface area contributed by atoms with Crippen molar-refractivity contribution in [3.05, 3.63) is 59.3 Å². The quantitative estimate of drug-likeness (QED) is 0.730. The number of nitrogens with zero attached hydrogens (tertiary/aromatic N) is 4. The third kappa shape index (κ3) is 4.82. The minimum absolute atomic E-state index is 0.0109. The average Bonchev–Trinajstić information content (AvgIpc) is 3.08. The molecule has 1 atom stereocenters. The molecule has 1 aromatic heterocycles. The topological polar surface area (TPSA) is 87.1 Å². The highest BCUT2D eigenvalue weighted by Crippen LogP contribution is 2.27. The summed E-state index contributed by atoms with van der Waals surface area (Å²) in [6.45, 7) is 5.74. The highest BCUT2D eigenvalue weighted by molar-refractivity contribution is 6.49. The highest BCUT2D eigenvalue weighted by Gasteiger charge is 2.40. The van der Waals surface area contributed by atoms with Crippen LogP contribution in [-0.4, -0.2) is 66.1 Å². The maximum Gasteiger partial charge on any atom is 0.259 e. The minimum atomic E-state index is -0.962. The third-order valence-corrected chi connectivity index (χ3v) is 5.97. The molecule has 0 saturated carbocycles. The van der Waals surface area contributed by atoms with E-state index in [-0.39, 0.29) is 23.4 Å². The van der Waals surface area contributed by atoms with Gasteiger partial charge in [-0.15, -0.1) is 0 Å². The SMILES string of the molecule is CN(C)Cc1cccnc1N(C(=O)c1ccc(C2=NOC(C)(C)C2=O)cc1)C1CCCNC1. The highest BCUT2D eigenvalue weighted by atomic mass is 16.7. The van der Waals surface area contributed by atoms with Crippen molar-refractivity contribution < 1.29 is 14.4 Å². The van der Waals surface area contributed by atoms with Crippen molar-refractivity contribution >= 4 is 23.2 Å². The molecule has 3 heterocycles. The van der Waals surface area contributed by atoms with E-state index >= 15 is 0 Å². The first kappa shape index (κ1) is 23.1. The first-order valence-electron chi connectivity index (χ1n) is 11.3. The Morgan fingerprint density at radius 1 is 1.21 bits per heavy atom. The number of carbonyl (C=O) groups is 2. The summed E-state index contributed by atoms with van der Waals surface area (Å²) in [5, 5.41) is 7.37. The lowest BCUT2D eigenvalue weighted by Crippen LogP contribution is -2.49. The fraction of sp³-hybridized carbons (Fsp3) is 0.440. The van der Waals surface area contributed by atoms with Crippen LogP contribution in [0, 0.1) is 0 Å². The number of Topliss-reactive ketones (excluding diaryl/α,β-unsaturated/α-hetero) is 1. The molecule has 1 saturated heterocycles. The number of piperidine rings is 1. The molecule has 2 aromatic rings. The van der Waals surface area contributed by atoms with Gasteiger partial charge in [0.05, 0.1) is 6.04 Å². The second-order valence-corrected chi connectivity index (χ2v) is 9.35. The first-order chi connectivity index (χ1) is 15.8. The summed E-state index contributed by atoms with van der Waals surface area (Å²) in [6.07, 6.45) is 3.65. The number of nitrogens with one attached hydrogen (secondary N) is 1. The van der Waals surface area contributed by atoms with E-state index in [4.69, 9.17) is 4.84 Å². The number of hydrogen-bond donors (Lipinski definition) is 1. The lowest BCUT2D eigenvalue weighted by molar-refractivity contribution is -0.128. The van der Waals surface area contributed by atoms with E-state index in [1.165, 1.54) is 0 Å². The van der Waals surface area contributed by atoms with Crippen LogP contribution >= 0.6 is 0 Å². The Balaban J connectivity index is 1.66. The lowest BCUT2D eigenvalue weighted by atomic mass is 9.95. The van der Waals surface area contributed by atoms with Crippen LogP contribution in [0.5, 0.6) is 0 Å². The number of benzene rings is 1. The molecule has 1 unspecified atom stereocenters. The monoisotopic (exact) mass is 449 g/mol. The predicted octanol–water partition coefficient (Wildman–Crippen LogP) is 2.62. The molecule has 1 N–H and O–H groups in total. The van der Waals surface area contributed by atoms with Gasteiger partial charge in [0.25, 0.3) is 5.91 Å². The van der Waals surface area contributed by atoms with E-state index < -0.39 is 5.60 Å². The molecule has 1 amide bonds. The zero-order valence-electron chi connectivity index (χ0n) is 19.7. The van der Waals surface area contributed by atoms with E-state index in [1.54, 1.807) is 44.3 Å². The molecule has 33 heavy (non-hydrogen) atoms. The van der Waals surface area contributed by atoms with Gasteiger partial charge in [0, 0.05) is 36.0 Å². The van der Waals surface area contributed by atoms with Gasteiger partial charge in [-0.05, 0) is 65.5 Å². The van der Waals surface area contributed by atoms with Gasteiger partial charge in [0.1, 0.15) is 5.82 Å². The van der Waals surface area contributed by atoms with Crippen molar-refractivity contribution in [2.24, 2.45) is 5.16 Å². The summed E-state index contributed by atoms with van der Waals surface area (Å²) in [5.74, 6) is 0.419. The Hall–Kier alpha value is -3.10. The molecule has 0 aliphatic carbocycles. The number of carbonyl (C=O) groups excluding carboxylic acids is 2. The molecule has 1 fully saturated rings. The second kappa shape index (κ2) is 9.41. The number of amides is 1. The maximum absolute atomic E-state index is 13.8. The van der Waals surface area contributed by atoms with Gasteiger partial charge in [-0.1, -0.05) is 23.4 Å². The van der Waals surface area contributed by atoms with Gasteiger partial charge >= 0.3 is 0 Å². The van der Waals surface area contributed by atoms with Crippen LogP contribution in [-0.2, 0) is 16.2 Å². The largest absolute Gasteiger partial charge is 0.381 e. The van der Waals surface area contributed by atoms with Crippen molar-refractivity contribution in [2.45, 2.75) is 44.9 Å².